The van der Waals surface area contributed by atoms with Gasteiger partial charge in [-0.2, -0.15) is 0 Å². The highest BCUT2D eigenvalue weighted by atomic mass is 19.1. The van der Waals surface area contributed by atoms with Crippen molar-refractivity contribution in [3.63, 3.8) is 0 Å². The molecule has 0 bridgehead atoms. The summed E-state index contributed by atoms with van der Waals surface area (Å²) in [5, 5.41) is 3.30. The molecule has 0 amide bonds. The fourth-order valence-corrected chi connectivity index (χ4v) is 1.07. The Hall–Kier alpha value is -2.31. The van der Waals surface area contributed by atoms with Gasteiger partial charge in [0.2, 0.25) is 0 Å². The van der Waals surface area contributed by atoms with E-state index in [9.17, 15) is 9.18 Å². The summed E-state index contributed by atoms with van der Waals surface area (Å²) in [5.41, 5.74) is 8.32. The van der Waals surface area contributed by atoms with Gasteiger partial charge in [-0.25, -0.2) is 4.39 Å². The average Bonchev–Trinajstić information content (AvgIpc) is 2.29. The number of rotatable bonds is 3. The highest BCUT2D eigenvalue weighted by Gasteiger charge is 2.04. The van der Waals surface area contributed by atoms with Crippen LogP contribution in [0.5, 0.6) is 0 Å². The minimum absolute atomic E-state index is 0.0428. The van der Waals surface area contributed by atoms with Crippen LogP contribution >= 0.6 is 0 Å². The summed E-state index contributed by atoms with van der Waals surface area (Å²) in [7, 11) is 0. The van der Waals surface area contributed by atoms with Crippen LogP contribution in [0.1, 0.15) is 22.3 Å². The van der Waals surface area contributed by atoms with Gasteiger partial charge >= 0.3 is 0 Å². The van der Waals surface area contributed by atoms with Gasteiger partial charge in [0.05, 0.1) is 5.56 Å². The summed E-state index contributed by atoms with van der Waals surface area (Å²) in [6.45, 7) is 0.259. The SMILES string of the molecule is [N-]=[N+]=NCCC#Cc1cccc(F)c1C=O. The number of hydrogen-bond acceptors (Lipinski definition) is 2. The van der Waals surface area contributed by atoms with E-state index in [1.165, 1.54) is 12.1 Å². The summed E-state index contributed by atoms with van der Waals surface area (Å²) in [5.74, 6) is 4.77. The topological polar surface area (TPSA) is 65.8 Å². The number of hydrogen-bond donors (Lipinski definition) is 0. The third-order valence-corrected chi connectivity index (χ3v) is 1.79. The van der Waals surface area contributed by atoms with E-state index in [-0.39, 0.29) is 12.1 Å². The zero-order chi connectivity index (χ0) is 11.8. The van der Waals surface area contributed by atoms with Crippen molar-refractivity contribution in [2.24, 2.45) is 5.11 Å². The van der Waals surface area contributed by atoms with Crippen LogP contribution in [0, 0.1) is 17.7 Å². The minimum Gasteiger partial charge on any atom is -0.298 e. The Morgan fingerprint density at radius 3 is 3.06 bits per heavy atom. The summed E-state index contributed by atoms with van der Waals surface area (Å²) in [4.78, 5) is 13.2. The molecule has 16 heavy (non-hydrogen) atoms. The smallest absolute Gasteiger partial charge is 0.154 e. The largest absolute Gasteiger partial charge is 0.298 e. The van der Waals surface area contributed by atoms with Crippen LogP contribution in [0.15, 0.2) is 23.3 Å². The fraction of sp³-hybridized carbons (Fsp3) is 0.182. The molecule has 0 radical (unpaired) electrons. The standard InChI is InChI=1S/C11H8FN3O/c12-11-6-3-5-9(10(11)8-16)4-1-2-7-14-15-13/h3,5-6,8H,2,7H2. The quantitative estimate of drug-likeness (QED) is 0.192. The molecule has 1 aromatic rings. The van der Waals surface area contributed by atoms with E-state index in [1.54, 1.807) is 6.07 Å². The highest BCUT2D eigenvalue weighted by molar-refractivity contribution is 5.79. The molecule has 0 aromatic heterocycles. The molecule has 0 unspecified atom stereocenters. The molecule has 0 fully saturated rings. The van der Waals surface area contributed by atoms with Crippen LogP contribution in [0.2, 0.25) is 0 Å². The molecule has 0 saturated carbocycles. The third kappa shape index (κ3) is 3.12. The number of aldehydes is 1. The Bertz CT molecular complexity index is 496. The first-order valence-electron chi connectivity index (χ1n) is 4.53. The second-order valence-electron chi connectivity index (χ2n) is 2.83. The van der Waals surface area contributed by atoms with E-state index in [2.05, 4.69) is 21.9 Å². The Morgan fingerprint density at radius 1 is 1.56 bits per heavy atom. The molecule has 80 valence electrons. The van der Waals surface area contributed by atoms with E-state index in [1.807, 2.05) is 0 Å². The highest BCUT2D eigenvalue weighted by Crippen LogP contribution is 2.09. The molecule has 0 atom stereocenters. The molecule has 0 spiro atoms. The Kier molecular flexibility index (Phi) is 4.58. The zero-order valence-electron chi connectivity index (χ0n) is 8.35. The lowest BCUT2D eigenvalue weighted by Gasteiger charge is -1.96. The van der Waals surface area contributed by atoms with Crippen molar-refractivity contribution in [3.05, 3.63) is 45.6 Å². The van der Waals surface area contributed by atoms with Crippen LogP contribution in [0.25, 0.3) is 10.4 Å². The van der Waals surface area contributed by atoms with E-state index >= 15 is 0 Å². The Morgan fingerprint density at radius 2 is 2.38 bits per heavy atom. The molecular weight excluding hydrogens is 209 g/mol. The van der Waals surface area contributed by atoms with Gasteiger partial charge in [-0.15, -0.1) is 0 Å². The summed E-state index contributed by atoms with van der Waals surface area (Å²) < 4.78 is 13.1. The third-order valence-electron chi connectivity index (χ3n) is 1.79. The van der Waals surface area contributed by atoms with Gasteiger partial charge in [-0.3, -0.25) is 4.79 Å². The molecule has 0 aliphatic heterocycles. The zero-order valence-corrected chi connectivity index (χ0v) is 8.35. The van der Waals surface area contributed by atoms with E-state index < -0.39 is 5.82 Å². The molecule has 4 nitrogen and oxygen atoms in total. The van der Waals surface area contributed by atoms with Gasteiger partial charge in [0.25, 0.3) is 0 Å². The van der Waals surface area contributed by atoms with Gasteiger partial charge in [0.1, 0.15) is 5.82 Å². The lowest BCUT2D eigenvalue weighted by atomic mass is 10.1. The predicted octanol–water partition coefficient (Wildman–Crippen LogP) is 2.69. The van der Waals surface area contributed by atoms with Crippen LogP contribution in [-0.2, 0) is 0 Å². The van der Waals surface area contributed by atoms with Crippen molar-refractivity contribution in [1.29, 1.82) is 0 Å². The molecule has 1 rings (SSSR count). The van der Waals surface area contributed by atoms with Crippen molar-refractivity contribution < 1.29 is 9.18 Å². The number of benzene rings is 1. The molecule has 1 aromatic carbocycles. The van der Waals surface area contributed by atoms with Crippen LogP contribution in [0.3, 0.4) is 0 Å². The van der Waals surface area contributed by atoms with Gasteiger partial charge in [-0.05, 0) is 17.7 Å². The van der Waals surface area contributed by atoms with Gasteiger partial charge in [0, 0.05) is 23.4 Å². The van der Waals surface area contributed by atoms with Crippen LogP contribution in [0.4, 0.5) is 4.39 Å². The van der Waals surface area contributed by atoms with Crippen LogP contribution < -0.4 is 0 Å². The maximum absolute atomic E-state index is 13.1. The maximum Gasteiger partial charge on any atom is 0.154 e. The number of carbonyl (C=O) groups excluding carboxylic acids is 1. The van der Waals surface area contributed by atoms with E-state index in [0.717, 1.165) is 0 Å². The van der Waals surface area contributed by atoms with E-state index in [4.69, 9.17) is 5.53 Å². The van der Waals surface area contributed by atoms with Gasteiger partial charge < -0.3 is 0 Å². The first-order chi connectivity index (χ1) is 7.79. The van der Waals surface area contributed by atoms with Gasteiger partial charge in [-0.1, -0.05) is 23.0 Å². The lowest BCUT2D eigenvalue weighted by molar-refractivity contribution is 0.111. The Balaban J connectivity index is 2.84. The van der Waals surface area contributed by atoms with E-state index in [0.29, 0.717) is 18.3 Å². The average molecular weight is 217 g/mol. The number of nitrogens with zero attached hydrogens (tertiary/aromatic N) is 3. The maximum atomic E-state index is 13.1. The number of halogens is 1. The molecule has 0 aliphatic rings. The monoisotopic (exact) mass is 217 g/mol. The van der Waals surface area contributed by atoms with Crippen molar-refractivity contribution in [2.45, 2.75) is 6.42 Å². The molecule has 5 heteroatoms. The lowest BCUT2D eigenvalue weighted by Crippen LogP contribution is -1.92. The van der Waals surface area contributed by atoms with Gasteiger partial charge in [0.15, 0.2) is 6.29 Å². The number of azide groups is 1. The normalized spacial score (nSPS) is 8.56. The minimum atomic E-state index is -0.586. The van der Waals surface area contributed by atoms with Crippen molar-refractivity contribution in [3.8, 4) is 11.8 Å². The molecule has 0 N–H and O–H groups in total. The van der Waals surface area contributed by atoms with Crippen molar-refractivity contribution >= 4 is 6.29 Å². The van der Waals surface area contributed by atoms with Crippen molar-refractivity contribution in [2.75, 3.05) is 6.54 Å². The summed E-state index contributed by atoms with van der Waals surface area (Å²) in [6.07, 6.45) is 0.811. The molecular formula is C11H8FN3O. The second kappa shape index (κ2) is 6.23. The van der Waals surface area contributed by atoms with Crippen molar-refractivity contribution in [1.82, 2.24) is 0 Å². The predicted molar refractivity (Wildman–Crippen MR) is 57.3 cm³/mol. The fourth-order valence-electron chi connectivity index (χ4n) is 1.07. The number of carbonyl (C=O) groups is 1. The summed E-state index contributed by atoms with van der Waals surface area (Å²) in [6, 6.07) is 4.25. The first-order valence-corrected chi connectivity index (χ1v) is 4.53. The Labute approximate surface area is 91.7 Å². The molecule has 0 aliphatic carbocycles. The first kappa shape index (κ1) is 11.8. The summed E-state index contributed by atoms with van der Waals surface area (Å²) >= 11 is 0. The molecule has 0 saturated heterocycles. The molecule has 0 heterocycles. The van der Waals surface area contributed by atoms with Crippen LogP contribution in [-0.4, -0.2) is 12.8 Å². The second-order valence-corrected chi connectivity index (χ2v) is 2.83.